The Morgan fingerprint density at radius 2 is 0.567 bits per heavy atom. The number of ether oxygens (including phenoxy) is 12. The van der Waals surface area contributed by atoms with Crippen molar-refractivity contribution in [3.05, 3.63) is 0 Å². The fourth-order valence-electron chi connectivity index (χ4n) is 5.85. The van der Waals surface area contributed by atoms with Gasteiger partial charge < -0.3 is 67.1 Å². The number of hydrogen-bond donors (Lipinski definition) is 2. The van der Waals surface area contributed by atoms with E-state index in [9.17, 15) is 19.8 Å². The van der Waals surface area contributed by atoms with Gasteiger partial charge in [-0.2, -0.15) is 0 Å². The summed E-state index contributed by atoms with van der Waals surface area (Å²) in [5.41, 5.74) is 0. The Morgan fingerprint density at radius 1 is 0.267 bits per heavy atom. The van der Waals surface area contributed by atoms with E-state index in [0.717, 1.165) is 82.9 Å². The highest BCUT2D eigenvalue weighted by Crippen LogP contribution is 2.08. The maximum absolute atomic E-state index is 11.0. The first kappa shape index (κ1) is 105. The van der Waals surface area contributed by atoms with Crippen LogP contribution in [0.1, 0.15) is 273 Å². The second kappa shape index (κ2) is 76.5. The summed E-state index contributed by atoms with van der Waals surface area (Å²) in [4.78, 5) is 21.9. The third-order valence-corrected chi connectivity index (χ3v) is 11.2. The van der Waals surface area contributed by atoms with Gasteiger partial charge in [-0.05, 0) is 197 Å². The zero-order valence-electron chi connectivity index (χ0n) is 65.6. The van der Waals surface area contributed by atoms with Gasteiger partial charge >= 0.3 is 11.9 Å². The van der Waals surface area contributed by atoms with Crippen LogP contribution in [0.3, 0.4) is 0 Å². The molecule has 552 valence electrons. The highest BCUT2D eigenvalue weighted by molar-refractivity contribution is 5.69. The molecule has 16 heteroatoms. The molecule has 0 aliphatic carbocycles. The highest BCUT2D eigenvalue weighted by Gasteiger charge is 2.11. The van der Waals surface area contributed by atoms with Crippen molar-refractivity contribution in [2.45, 2.75) is 334 Å². The lowest BCUT2D eigenvalue weighted by Gasteiger charge is -2.15. The van der Waals surface area contributed by atoms with Crippen molar-refractivity contribution >= 4 is 11.9 Å². The van der Waals surface area contributed by atoms with Crippen LogP contribution < -0.4 is 0 Å². The van der Waals surface area contributed by atoms with Crippen molar-refractivity contribution in [2.24, 2.45) is 47.3 Å². The lowest BCUT2D eigenvalue weighted by atomic mass is 10.1. The van der Waals surface area contributed by atoms with Gasteiger partial charge in [0.2, 0.25) is 0 Å². The van der Waals surface area contributed by atoms with Crippen molar-refractivity contribution in [1.82, 2.24) is 0 Å². The quantitative estimate of drug-likeness (QED) is 0.0433. The van der Waals surface area contributed by atoms with Crippen LogP contribution in [0.5, 0.6) is 0 Å². The minimum absolute atomic E-state index is 0.0197. The van der Waals surface area contributed by atoms with Gasteiger partial charge in [-0.15, -0.1) is 0 Å². The lowest BCUT2D eigenvalue weighted by molar-refractivity contribution is -0.148. The van der Waals surface area contributed by atoms with Gasteiger partial charge in [0, 0.05) is 39.3 Å². The van der Waals surface area contributed by atoms with Crippen LogP contribution in [-0.2, 0) is 66.4 Å². The molecule has 0 rings (SSSR count). The maximum atomic E-state index is 11.0. The van der Waals surface area contributed by atoms with Gasteiger partial charge in [0.15, 0.2) is 0 Å². The van der Waals surface area contributed by atoms with Crippen LogP contribution in [0.2, 0.25) is 0 Å². The van der Waals surface area contributed by atoms with Crippen LogP contribution in [-0.4, -0.2) is 176 Å². The summed E-state index contributed by atoms with van der Waals surface area (Å²) in [7, 11) is 0. The summed E-state index contributed by atoms with van der Waals surface area (Å²) >= 11 is 0. The Morgan fingerprint density at radius 3 is 0.911 bits per heavy atom. The largest absolute Gasteiger partial charge is 0.463 e. The molecule has 2 unspecified atom stereocenters. The van der Waals surface area contributed by atoms with E-state index in [1.54, 1.807) is 0 Å². The molecule has 0 saturated carbocycles. The predicted molar refractivity (Wildman–Crippen MR) is 380 cm³/mol. The summed E-state index contributed by atoms with van der Waals surface area (Å²) in [6, 6.07) is 0. The van der Waals surface area contributed by atoms with Crippen molar-refractivity contribution < 1.29 is 76.6 Å². The molecule has 0 aromatic carbocycles. The molecule has 0 radical (unpaired) electrons. The minimum atomic E-state index is -0.362. The van der Waals surface area contributed by atoms with E-state index in [2.05, 4.69) is 83.1 Å². The van der Waals surface area contributed by atoms with E-state index in [0.29, 0.717) is 94.7 Å². The molecule has 0 heterocycles. The topological polar surface area (TPSA) is 185 Å². The number of hydrogen-bond acceptors (Lipinski definition) is 16. The maximum Gasteiger partial charge on any atom is 0.306 e. The Labute approximate surface area is 560 Å². The standard InChI is InChI=1S/C11H24O2.C10H22O3.C10H20O3.C10H22O2.C9H20O.C8H18O2.C8H16O2.C8H18O/c1-10(2)6-5-7-12-8-9-13-11(3)4;1-8(2)10(11)7-12-5-6-13-9(3)4;1-8(2)7-10(11)13-6-5-12-9(3)4;1-9(2)5-6-11-7-8-12-10(3)4;1-8(2)6-5-7-10-9(3)4;1-6(2)8(9)5-10-7(3)4;1-6(2)5-8(9)10-7(3)4;1-7(2)5-6-9-8(3)4/h10-11H,5-9H2,1-4H3;8-11H,5-7H2,1-4H3;8-9H,5-7H2,1-4H3;9-10H,5-8H2,1-4H3;8-9H,5-7H2,1-4H3;6-9H,5H2,1-4H3;6-7H,5H2,1-4H3;7-8H,5-6H2,1-4H3. The van der Waals surface area contributed by atoms with Gasteiger partial charge in [0.1, 0.15) is 6.61 Å². The smallest absolute Gasteiger partial charge is 0.306 e. The average Bonchev–Trinajstić information content (AvgIpc) is 3.49. The third kappa shape index (κ3) is 127. The molecule has 0 amide bonds. The molecule has 0 aliphatic heterocycles. The normalized spacial score (nSPS) is 12.0. The molecule has 0 aromatic heterocycles. The minimum Gasteiger partial charge on any atom is -0.463 e. The van der Waals surface area contributed by atoms with Crippen LogP contribution in [0, 0.1) is 47.3 Å². The van der Waals surface area contributed by atoms with Gasteiger partial charge in [-0.3, -0.25) is 9.59 Å². The zero-order chi connectivity index (χ0) is 71.6. The molecular formula is C74H160O16. The Balaban J connectivity index is -0.000000143. The van der Waals surface area contributed by atoms with Crippen LogP contribution in [0.25, 0.3) is 0 Å². The molecule has 0 bridgehead atoms. The number of carbonyl (C=O) groups is 2. The molecule has 2 atom stereocenters. The molecule has 0 spiro atoms. The second-order valence-electron chi connectivity index (χ2n) is 28.2. The summed E-state index contributed by atoms with van der Waals surface area (Å²) in [5.74, 6) is 4.17. The zero-order valence-corrected chi connectivity index (χ0v) is 65.6. The number of aliphatic hydroxyl groups excluding tert-OH is 2. The Kier molecular flexibility index (Phi) is 88.8. The van der Waals surface area contributed by atoms with Gasteiger partial charge in [0.05, 0.1) is 121 Å². The third-order valence-electron chi connectivity index (χ3n) is 11.2. The van der Waals surface area contributed by atoms with Crippen molar-refractivity contribution in [2.75, 3.05) is 92.5 Å². The molecule has 0 aromatic rings. The van der Waals surface area contributed by atoms with Crippen molar-refractivity contribution in [1.29, 1.82) is 0 Å². The van der Waals surface area contributed by atoms with Gasteiger partial charge in [0.25, 0.3) is 0 Å². The molecule has 2 N–H and O–H groups in total. The molecule has 90 heavy (non-hydrogen) atoms. The molecule has 0 aliphatic rings. The highest BCUT2D eigenvalue weighted by atomic mass is 16.6. The fourth-order valence-corrected chi connectivity index (χ4v) is 5.85. The Hall–Kier alpha value is -1.54. The molecule has 0 saturated heterocycles. The number of esters is 2. The Bertz CT molecular complexity index is 1300. The summed E-state index contributed by atoms with van der Waals surface area (Å²) < 4.78 is 63.0. The fraction of sp³-hybridized carbons (Fsp3) is 0.973. The van der Waals surface area contributed by atoms with E-state index in [1.165, 1.54) is 32.1 Å². The first-order valence-corrected chi connectivity index (χ1v) is 35.4. The van der Waals surface area contributed by atoms with E-state index in [-0.39, 0.29) is 54.5 Å². The lowest BCUT2D eigenvalue weighted by Crippen LogP contribution is -2.23. The summed E-state index contributed by atoms with van der Waals surface area (Å²) in [6.45, 7) is 75.0. The van der Waals surface area contributed by atoms with Crippen LogP contribution in [0.15, 0.2) is 0 Å². The second-order valence-corrected chi connectivity index (χ2v) is 28.2. The SMILES string of the molecule is CC(C)CC(=O)OC(C)C.CC(C)CC(=O)OCCOC(C)C.CC(C)CCCOC(C)C.CC(C)CCCOCCOC(C)C.CC(C)CCOC(C)C.CC(C)CCOCCOC(C)C.CC(C)OCC(O)C(C)C.CC(C)OCCOCC(O)C(C)C. The number of carbonyl (C=O) groups excluding carboxylic acids is 2. The van der Waals surface area contributed by atoms with E-state index < -0.39 is 0 Å². The van der Waals surface area contributed by atoms with Crippen molar-refractivity contribution in [3.63, 3.8) is 0 Å². The van der Waals surface area contributed by atoms with Gasteiger partial charge in [-0.1, -0.05) is 111 Å². The van der Waals surface area contributed by atoms with Crippen LogP contribution >= 0.6 is 0 Å². The number of aliphatic hydroxyl groups is 2. The van der Waals surface area contributed by atoms with E-state index >= 15 is 0 Å². The average molecular weight is 1310 g/mol. The molecule has 16 nitrogen and oxygen atoms in total. The molecule has 0 fully saturated rings. The predicted octanol–water partition coefficient (Wildman–Crippen LogP) is 17.5. The first-order valence-electron chi connectivity index (χ1n) is 35.4. The summed E-state index contributed by atoms with van der Waals surface area (Å²) in [6.07, 6.45) is 9.67. The monoisotopic (exact) mass is 1310 g/mol. The molecular weight excluding hydrogens is 1140 g/mol. The van der Waals surface area contributed by atoms with Crippen molar-refractivity contribution in [3.8, 4) is 0 Å². The summed E-state index contributed by atoms with van der Waals surface area (Å²) in [5, 5.41) is 18.6. The van der Waals surface area contributed by atoms with E-state index in [4.69, 9.17) is 56.8 Å². The number of rotatable bonds is 44. The van der Waals surface area contributed by atoms with E-state index in [1.807, 2.05) is 138 Å². The van der Waals surface area contributed by atoms with Gasteiger partial charge in [-0.25, -0.2) is 0 Å². The van der Waals surface area contributed by atoms with Crippen LogP contribution in [0.4, 0.5) is 0 Å². The first-order chi connectivity index (χ1) is 41.6.